The van der Waals surface area contributed by atoms with Crippen LogP contribution in [0, 0.1) is 11.8 Å². The standard InChI is InChI=1S/C8H15N/c1-6-5-7(6)8(9-2)3-4-8/h6-7,9H,3-5H2,1-2H3. The van der Waals surface area contributed by atoms with Gasteiger partial charge in [-0.05, 0) is 38.1 Å². The van der Waals surface area contributed by atoms with Gasteiger partial charge in [-0.3, -0.25) is 0 Å². The van der Waals surface area contributed by atoms with Crippen LogP contribution in [0.3, 0.4) is 0 Å². The highest BCUT2D eigenvalue weighted by molar-refractivity contribution is 5.13. The molecule has 1 N–H and O–H groups in total. The molecule has 2 atom stereocenters. The average Bonchev–Trinajstić information content (AvgIpc) is 2.63. The molecule has 1 nitrogen and oxygen atoms in total. The zero-order valence-corrected chi connectivity index (χ0v) is 6.28. The minimum Gasteiger partial charge on any atom is -0.314 e. The van der Waals surface area contributed by atoms with E-state index in [9.17, 15) is 0 Å². The third-order valence-electron chi connectivity index (χ3n) is 3.11. The molecule has 1 heteroatoms. The van der Waals surface area contributed by atoms with E-state index < -0.39 is 0 Å². The zero-order valence-electron chi connectivity index (χ0n) is 6.28. The van der Waals surface area contributed by atoms with E-state index in [2.05, 4.69) is 19.3 Å². The van der Waals surface area contributed by atoms with Crippen molar-refractivity contribution in [3.63, 3.8) is 0 Å². The Morgan fingerprint density at radius 2 is 2.00 bits per heavy atom. The Kier molecular flexibility index (Phi) is 0.963. The van der Waals surface area contributed by atoms with Crippen molar-refractivity contribution in [1.82, 2.24) is 5.32 Å². The minimum atomic E-state index is 0.624. The maximum Gasteiger partial charge on any atom is 0.0210 e. The van der Waals surface area contributed by atoms with E-state index in [1.807, 2.05) is 0 Å². The molecule has 0 bridgehead atoms. The fourth-order valence-corrected chi connectivity index (χ4v) is 2.03. The quantitative estimate of drug-likeness (QED) is 0.588. The number of nitrogens with one attached hydrogen (secondary N) is 1. The Balaban J connectivity index is 1.97. The van der Waals surface area contributed by atoms with E-state index in [1.165, 1.54) is 19.3 Å². The average molecular weight is 125 g/mol. The van der Waals surface area contributed by atoms with Gasteiger partial charge in [0.05, 0.1) is 0 Å². The van der Waals surface area contributed by atoms with Crippen LogP contribution in [0.15, 0.2) is 0 Å². The third kappa shape index (κ3) is 0.710. The lowest BCUT2D eigenvalue weighted by molar-refractivity contribution is 0.465. The van der Waals surface area contributed by atoms with Crippen LogP contribution in [0.2, 0.25) is 0 Å². The minimum absolute atomic E-state index is 0.624. The summed E-state index contributed by atoms with van der Waals surface area (Å²) in [7, 11) is 2.11. The lowest BCUT2D eigenvalue weighted by Gasteiger charge is -2.11. The number of hydrogen-bond donors (Lipinski definition) is 1. The summed E-state index contributed by atoms with van der Waals surface area (Å²) in [6.45, 7) is 2.36. The predicted molar refractivity (Wildman–Crippen MR) is 38.3 cm³/mol. The summed E-state index contributed by atoms with van der Waals surface area (Å²) >= 11 is 0. The summed E-state index contributed by atoms with van der Waals surface area (Å²) in [5, 5.41) is 3.44. The second kappa shape index (κ2) is 1.51. The Bertz CT molecular complexity index is 127. The molecule has 0 radical (unpaired) electrons. The molecule has 52 valence electrons. The molecular weight excluding hydrogens is 110 g/mol. The first kappa shape index (κ1) is 5.72. The molecule has 0 amide bonds. The van der Waals surface area contributed by atoms with Crippen molar-refractivity contribution >= 4 is 0 Å². The summed E-state index contributed by atoms with van der Waals surface area (Å²) in [5.74, 6) is 2.04. The van der Waals surface area contributed by atoms with Crippen molar-refractivity contribution in [2.75, 3.05) is 7.05 Å². The van der Waals surface area contributed by atoms with Gasteiger partial charge in [-0.2, -0.15) is 0 Å². The molecule has 9 heavy (non-hydrogen) atoms. The molecule has 2 aliphatic rings. The van der Waals surface area contributed by atoms with Gasteiger partial charge in [-0.15, -0.1) is 0 Å². The second-order valence-corrected chi connectivity index (χ2v) is 3.73. The highest BCUT2D eigenvalue weighted by atomic mass is 15.0. The SMILES string of the molecule is CNC1(C2CC2C)CC1. The van der Waals surface area contributed by atoms with Crippen LogP contribution in [-0.4, -0.2) is 12.6 Å². The summed E-state index contributed by atoms with van der Waals surface area (Å²) < 4.78 is 0. The lowest BCUT2D eigenvalue weighted by Crippen LogP contribution is -2.29. The van der Waals surface area contributed by atoms with E-state index in [1.54, 1.807) is 0 Å². The molecule has 2 rings (SSSR count). The van der Waals surface area contributed by atoms with Gasteiger partial charge >= 0.3 is 0 Å². The molecule has 0 aliphatic heterocycles. The molecule has 0 saturated heterocycles. The summed E-state index contributed by atoms with van der Waals surface area (Å²) in [5.41, 5.74) is 0.624. The van der Waals surface area contributed by atoms with E-state index in [-0.39, 0.29) is 0 Å². The molecule has 2 unspecified atom stereocenters. The van der Waals surface area contributed by atoms with Crippen LogP contribution in [0.1, 0.15) is 26.2 Å². The fourth-order valence-electron chi connectivity index (χ4n) is 2.03. The Morgan fingerprint density at radius 1 is 1.44 bits per heavy atom. The monoisotopic (exact) mass is 125 g/mol. The van der Waals surface area contributed by atoms with Gasteiger partial charge in [-0.25, -0.2) is 0 Å². The van der Waals surface area contributed by atoms with Crippen LogP contribution in [0.4, 0.5) is 0 Å². The molecule has 0 aromatic rings. The van der Waals surface area contributed by atoms with Crippen LogP contribution < -0.4 is 5.32 Å². The normalized spacial score (nSPS) is 44.7. The van der Waals surface area contributed by atoms with Crippen molar-refractivity contribution < 1.29 is 0 Å². The predicted octanol–water partition coefficient (Wildman–Crippen LogP) is 1.39. The molecule has 0 aromatic heterocycles. The maximum absolute atomic E-state index is 3.44. The van der Waals surface area contributed by atoms with Gasteiger partial charge in [-0.1, -0.05) is 6.92 Å². The Morgan fingerprint density at radius 3 is 2.11 bits per heavy atom. The lowest BCUT2D eigenvalue weighted by atomic mass is 10.1. The number of hydrogen-bond acceptors (Lipinski definition) is 1. The summed E-state index contributed by atoms with van der Waals surface area (Å²) in [4.78, 5) is 0. The first-order valence-electron chi connectivity index (χ1n) is 3.97. The van der Waals surface area contributed by atoms with Crippen LogP contribution in [0.5, 0.6) is 0 Å². The van der Waals surface area contributed by atoms with Crippen molar-refractivity contribution in [3.05, 3.63) is 0 Å². The third-order valence-corrected chi connectivity index (χ3v) is 3.11. The van der Waals surface area contributed by atoms with Gasteiger partial charge in [0.2, 0.25) is 0 Å². The van der Waals surface area contributed by atoms with E-state index >= 15 is 0 Å². The molecule has 2 fully saturated rings. The van der Waals surface area contributed by atoms with E-state index in [0.717, 1.165) is 11.8 Å². The first-order valence-corrected chi connectivity index (χ1v) is 3.97. The van der Waals surface area contributed by atoms with Crippen molar-refractivity contribution in [2.24, 2.45) is 11.8 Å². The Labute approximate surface area is 56.8 Å². The van der Waals surface area contributed by atoms with Gasteiger partial charge in [0.15, 0.2) is 0 Å². The summed E-state index contributed by atoms with van der Waals surface area (Å²) in [6.07, 6.45) is 4.33. The largest absolute Gasteiger partial charge is 0.314 e. The molecule has 0 heterocycles. The van der Waals surface area contributed by atoms with Gasteiger partial charge in [0.25, 0.3) is 0 Å². The Hall–Kier alpha value is -0.0400. The topological polar surface area (TPSA) is 12.0 Å². The van der Waals surface area contributed by atoms with Crippen LogP contribution in [-0.2, 0) is 0 Å². The van der Waals surface area contributed by atoms with Crippen LogP contribution >= 0.6 is 0 Å². The summed E-state index contributed by atoms with van der Waals surface area (Å²) in [6, 6.07) is 0. The molecule has 2 saturated carbocycles. The highest BCUT2D eigenvalue weighted by Gasteiger charge is 2.56. The highest BCUT2D eigenvalue weighted by Crippen LogP contribution is 2.56. The number of rotatable bonds is 2. The smallest absolute Gasteiger partial charge is 0.0210 e. The van der Waals surface area contributed by atoms with Crippen molar-refractivity contribution in [3.8, 4) is 0 Å². The molecule has 2 aliphatic carbocycles. The van der Waals surface area contributed by atoms with Gasteiger partial charge in [0.1, 0.15) is 0 Å². The molecular formula is C8H15N. The first-order chi connectivity index (χ1) is 4.28. The zero-order chi connectivity index (χ0) is 6.48. The van der Waals surface area contributed by atoms with Crippen LogP contribution in [0.25, 0.3) is 0 Å². The van der Waals surface area contributed by atoms with Gasteiger partial charge in [0, 0.05) is 5.54 Å². The molecule has 0 aromatic carbocycles. The van der Waals surface area contributed by atoms with Crippen molar-refractivity contribution in [2.45, 2.75) is 31.7 Å². The molecule has 0 spiro atoms. The maximum atomic E-state index is 3.44. The fraction of sp³-hybridized carbons (Fsp3) is 1.00. The van der Waals surface area contributed by atoms with E-state index in [0.29, 0.717) is 5.54 Å². The van der Waals surface area contributed by atoms with E-state index in [4.69, 9.17) is 0 Å². The van der Waals surface area contributed by atoms with Crippen molar-refractivity contribution in [1.29, 1.82) is 0 Å². The second-order valence-electron chi connectivity index (χ2n) is 3.73. The van der Waals surface area contributed by atoms with Gasteiger partial charge < -0.3 is 5.32 Å².